The lowest BCUT2D eigenvalue weighted by Gasteiger charge is -2.12. The van der Waals surface area contributed by atoms with E-state index >= 15 is 0 Å². The molecule has 0 atom stereocenters. The van der Waals surface area contributed by atoms with Crippen LogP contribution < -0.4 is 10.5 Å². The lowest BCUT2D eigenvalue weighted by Crippen LogP contribution is -2.14. The van der Waals surface area contributed by atoms with Gasteiger partial charge in [0.25, 0.3) is 0 Å². The minimum Gasteiger partial charge on any atom is -0.489 e. The fourth-order valence-electron chi connectivity index (χ4n) is 3.00. The highest BCUT2D eigenvalue weighted by atomic mass is 35.5. The van der Waals surface area contributed by atoms with Crippen LogP contribution in [0.1, 0.15) is 17.5 Å². The summed E-state index contributed by atoms with van der Waals surface area (Å²) in [6.45, 7) is 0.822. The number of hydrogen-bond acceptors (Lipinski definition) is 7. The number of primary amides is 1. The van der Waals surface area contributed by atoms with Crippen molar-refractivity contribution in [1.82, 2.24) is 19.7 Å². The maximum Gasteiger partial charge on any atom is 0.219 e. The van der Waals surface area contributed by atoms with E-state index in [4.69, 9.17) is 22.1 Å². The summed E-state index contributed by atoms with van der Waals surface area (Å²) in [5, 5.41) is 12.0. The van der Waals surface area contributed by atoms with Gasteiger partial charge in [0.15, 0.2) is 11.0 Å². The zero-order valence-electron chi connectivity index (χ0n) is 17.0. The number of rotatable bonds is 10. The third kappa shape index (κ3) is 5.67. The Kier molecular flexibility index (Phi) is 7.41. The van der Waals surface area contributed by atoms with Gasteiger partial charge in [0, 0.05) is 47.3 Å². The molecule has 7 nitrogen and oxygen atoms in total. The van der Waals surface area contributed by atoms with Crippen molar-refractivity contribution in [2.45, 2.75) is 30.5 Å². The minimum atomic E-state index is -0.368. The first-order chi connectivity index (χ1) is 15.6. The number of aromatic nitrogens is 4. The van der Waals surface area contributed by atoms with Gasteiger partial charge < -0.3 is 15.0 Å². The number of carbonyl (C=O) groups excluding carboxylic acids is 1. The number of thiophene rings is 1. The number of ether oxygens (including phenoxy) is 1. The summed E-state index contributed by atoms with van der Waals surface area (Å²) in [4.78, 5) is 16.5. The number of nitrogens with zero attached hydrogens (tertiary/aromatic N) is 4. The summed E-state index contributed by atoms with van der Waals surface area (Å²) in [5.41, 5.74) is 7.30. The minimum absolute atomic E-state index is 0.209. The molecule has 0 aliphatic heterocycles. The monoisotopic (exact) mass is 485 g/mol. The van der Waals surface area contributed by atoms with Crippen LogP contribution in [-0.2, 0) is 23.7 Å². The van der Waals surface area contributed by atoms with E-state index in [1.54, 1.807) is 29.8 Å². The smallest absolute Gasteiger partial charge is 0.219 e. The van der Waals surface area contributed by atoms with Gasteiger partial charge in [-0.05, 0) is 35.7 Å². The maximum atomic E-state index is 11.4. The van der Waals surface area contributed by atoms with Gasteiger partial charge in [0.1, 0.15) is 12.4 Å². The molecule has 0 bridgehead atoms. The normalized spacial score (nSPS) is 10.9. The standard InChI is InChI=1S/C22H20ClN5O2S2/c23-17-5-6-18(30-13-15-3-1-8-25-12-15)16(11-17)14-32-22-27-26-21(19-4-2-10-31-19)28(22)9-7-20(24)29/h1-6,8,10-12H,7,9,13-14H2,(H2,24,29). The van der Waals surface area contributed by atoms with E-state index in [1.807, 2.05) is 46.3 Å². The van der Waals surface area contributed by atoms with Crippen molar-refractivity contribution in [2.75, 3.05) is 0 Å². The van der Waals surface area contributed by atoms with Gasteiger partial charge in [-0.25, -0.2) is 0 Å². The van der Waals surface area contributed by atoms with E-state index < -0.39 is 0 Å². The molecule has 0 unspecified atom stereocenters. The number of halogens is 1. The zero-order valence-corrected chi connectivity index (χ0v) is 19.4. The number of carbonyl (C=O) groups is 1. The molecule has 10 heteroatoms. The molecule has 0 fully saturated rings. The van der Waals surface area contributed by atoms with Gasteiger partial charge in [-0.15, -0.1) is 21.5 Å². The third-order valence-corrected chi connectivity index (χ3v) is 6.65. The van der Waals surface area contributed by atoms with Crippen molar-refractivity contribution in [3.8, 4) is 16.5 Å². The molecule has 2 N–H and O–H groups in total. The predicted molar refractivity (Wildman–Crippen MR) is 127 cm³/mol. The maximum absolute atomic E-state index is 11.4. The number of nitrogens with two attached hydrogens (primary N) is 1. The second-order valence-electron chi connectivity index (χ2n) is 6.84. The number of amides is 1. The third-order valence-electron chi connectivity index (χ3n) is 4.54. The van der Waals surface area contributed by atoms with E-state index in [0.29, 0.717) is 29.1 Å². The first kappa shape index (κ1) is 22.3. The molecule has 0 aliphatic rings. The molecule has 0 radical (unpaired) electrons. The van der Waals surface area contributed by atoms with Crippen LogP contribution in [0.4, 0.5) is 0 Å². The van der Waals surface area contributed by atoms with Gasteiger partial charge in [-0.2, -0.15) is 0 Å². The van der Waals surface area contributed by atoms with Crippen molar-refractivity contribution in [3.63, 3.8) is 0 Å². The van der Waals surface area contributed by atoms with E-state index in [-0.39, 0.29) is 12.3 Å². The summed E-state index contributed by atoms with van der Waals surface area (Å²) in [6.07, 6.45) is 3.71. The van der Waals surface area contributed by atoms with Crippen LogP contribution in [-0.4, -0.2) is 25.7 Å². The SMILES string of the molecule is NC(=O)CCn1c(SCc2cc(Cl)ccc2OCc2cccnc2)nnc1-c1cccs1. The van der Waals surface area contributed by atoms with Crippen LogP contribution in [0.3, 0.4) is 0 Å². The summed E-state index contributed by atoms with van der Waals surface area (Å²) in [7, 11) is 0. The van der Waals surface area contributed by atoms with Crippen LogP contribution in [0, 0.1) is 0 Å². The van der Waals surface area contributed by atoms with Crippen LogP contribution in [0.15, 0.2) is 65.4 Å². The summed E-state index contributed by atoms with van der Waals surface area (Å²) >= 11 is 9.32. The second-order valence-corrected chi connectivity index (χ2v) is 9.17. The molecule has 1 amide bonds. The fourth-order valence-corrected chi connectivity index (χ4v) is 4.85. The first-order valence-corrected chi connectivity index (χ1v) is 12.0. The van der Waals surface area contributed by atoms with E-state index in [0.717, 1.165) is 27.6 Å². The van der Waals surface area contributed by atoms with Gasteiger partial charge in [0.05, 0.1) is 4.88 Å². The number of benzene rings is 1. The molecular weight excluding hydrogens is 466 g/mol. The number of thioether (sulfide) groups is 1. The number of hydrogen-bond donors (Lipinski definition) is 1. The van der Waals surface area contributed by atoms with Gasteiger partial charge in [-0.3, -0.25) is 9.78 Å². The fraction of sp³-hybridized carbons (Fsp3) is 0.182. The summed E-state index contributed by atoms with van der Waals surface area (Å²) in [5.74, 6) is 1.67. The van der Waals surface area contributed by atoms with Crippen molar-refractivity contribution in [1.29, 1.82) is 0 Å². The lowest BCUT2D eigenvalue weighted by molar-refractivity contribution is -0.118. The molecule has 1 aromatic carbocycles. The average molecular weight is 486 g/mol. The molecule has 0 aliphatic carbocycles. The van der Waals surface area contributed by atoms with Crippen molar-refractivity contribution < 1.29 is 9.53 Å². The van der Waals surface area contributed by atoms with Crippen LogP contribution >= 0.6 is 34.7 Å². The quantitative estimate of drug-likeness (QED) is 0.324. The van der Waals surface area contributed by atoms with Crippen molar-refractivity contribution >= 4 is 40.6 Å². The second kappa shape index (κ2) is 10.6. The Morgan fingerprint density at radius 1 is 1.22 bits per heavy atom. The average Bonchev–Trinajstić information content (AvgIpc) is 3.46. The van der Waals surface area contributed by atoms with E-state index in [1.165, 1.54) is 11.8 Å². The topological polar surface area (TPSA) is 95.9 Å². The Hall–Kier alpha value is -2.88. The molecular formula is C22H20ClN5O2S2. The first-order valence-electron chi connectivity index (χ1n) is 9.78. The molecule has 3 aromatic heterocycles. The predicted octanol–water partition coefficient (Wildman–Crippen LogP) is 4.80. The highest BCUT2D eigenvalue weighted by molar-refractivity contribution is 7.98. The molecule has 164 valence electrons. The highest BCUT2D eigenvalue weighted by Crippen LogP contribution is 2.32. The molecule has 0 spiro atoms. The van der Waals surface area contributed by atoms with Crippen molar-refractivity contribution in [3.05, 3.63) is 76.4 Å². The molecule has 3 heterocycles. The largest absolute Gasteiger partial charge is 0.489 e. The molecule has 4 rings (SSSR count). The Bertz CT molecular complexity index is 1180. The Balaban J connectivity index is 1.53. The van der Waals surface area contributed by atoms with E-state index in [2.05, 4.69) is 15.2 Å². The van der Waals surface area contributed by atoms with Crippen LogP contribution in [0.2, 0.25) is 5.02 Å². The van der Waals surface area contributed by atoms with Crippen LogP contribution in [0.25, 0.3) is 10.7 Å². The molecule has 4 aromatic rings. The Morgan fingerprint density at radius 2 is 2.12 bits per heavy atom. The van der Waals surface area contributed by atoms with Gasteiger partial charge in [0.2, 0.25) is 5.91 Å². The molecule has 32 heavy (non-hydrogen) atoms. The molecule has 0 saturated heterocycles. The Labute approximate surface area is 198 Å². The highest BCUT2D eigenvalue weighted by Gasteiger charge is 2.17. The van der Waals surface area contributed by atoms with Gasteiger partial charge >= 0.3 is 0 Å². The van der Waals surface area contributed by atoms with E-state index in [9.17, 15) is 4.79 Å². The van der Waals surface area contributed by atoms with Crippen LogP contribution in [0.5, 0.6) is 5.75 Å². The lowest BCUT2D eigenvalue weighted by atomic mass is 10.2. The zero-order chi connectivity index (χ0) is 22.3. The summed E-state index contributed by atoms with van der Waals surface area (Å²) in [6, 6.07) is 13.3. The summed E-state index contributed by atoms with van der Waals surface area (Å²) < 4.78 is 7.96. The number of pyridine rings is 1. The van der Waals surface area contributed by atoms with Gasteiger partial charge in [-0.1, -0.05) is 35.5 Å². The Morgan fingerprint density at radius 3 is 2.88 bits per heavy atom. The molecule has 0 saturated carbocycles. The van der Waals surface area contributed by atoms with Crippen molar-refractivity contribution in [2.24, 2.45) is 5.73 Å².